The molecule has 1 N–H and O–H groups in total. The average Bonchev–Trinajstić information content (AvgIpc) is 1.91. The number of rotatable bonds is 5. The molecule has 2 radical (unpaired) electrons. The fourth-order valence-corrected chi connectivity index (χ4v) is 0.917. The van der Waals surface area contributed by atoms with Crippen molar-refractivity contribution in [1.29, 1.82) is 0 Å². The molecule has 0 spiro atoms. The molecule has 0 aromatic carbocycles. The van der Waals surface area contributed by atoms with Gasteiger partial charge in [0.1, 0.15) is 0 Å². The average molecular weight is 339 g/mol. The van der Waals surface area contributed by atoms with Crippen molar-refractivity contribution in [2.45, 2.75) is 39.5 Å². The first kappa shape index (κ1) is 13.5. The van der Waals surface area contributed by atoms with E-state index in [0.717, 1.165) is 6.42 Å². The molecule has 62 valence electrons. The van der Waals surface area contributed by atoms with Gasteiger partial charge in [0.25, 0.3) is 0 Å². The fraction of sp³-hybridized carbons (Fsp3) is 1.00. The quantitative estimate of drug-likeness (QED) is 0.748. The molecule has 1 unspecified atom stereocenters. The van der Waals surface area contributed by atoms with Crippen molar-refractivity contribution in [3.8, 4) is 0 Å². The minimum absolute atomic E-state index is 0. The summed E-state index contributed by atoms with van der Waals surface area (Å²) in [6, 6.07) is 0. The molecule has 1 atom stereocenters. The predicted octanol–water partition coefficient (Wildman–Crippen LogP) is 1.28. The summed E-state index contributed by atoms with van der Waals surface area (Å²) >= 11 is 0. The Hall–Kier alpha value is 0.882. The molecule has 0 fully saturated rings. The standard InChI is InChI=1S/C8H18O.Pb.2H/c1-3-5-6-8(4-2)7-9;;;/h8-9H,3-7H2,1-2H3;;;. The Balaban J connectivity index is 0. The molecule has 0 aliphatic rings. The van der Waals surface area contributed by atoms with Crippen LogP contribution in [0.2, 0.25) is 0 Å². The first-order valence-electron chi connectivity index (χ1n) is 3.96. The third-order valence-corrected chi connectivity index (χ3v) is 1.80. The number of unbranched alkanes of at least 4 members (excludes halogenated alkanes) is 1. The molecular formula is C8H20OPb. The van der Waals surface area contributed by atoms with Gasteiger partial charge in [0.2, 0.25) is 0 Å². The van der Waals surface area contributed by atoms with Gasteiger partial charge in [-0.2, -0.15) is 0 Å². The summed E-state index contributed by atoms with van der Waals surface area (Å²) in [4.78, 5) is 0. The molecule has 1 nitrogen and oxygen atoms in total. The molecule has 10 heavy (non-hydrogen) atoms. The van der Waals surface area contributed by atoms with Gasteiger partial charge in [-0.3, -0.25) is 0 Å². The third-order valence-electron chi connectivity index (χ3n) is 1.80. The van der Waals surface area contributed by atoms with Gasteiger partial charge in [-0.1, -0.05) is 33.1 Å². The monoisotopic (exact) mass is 340 g/mol. The zero-order valence-electron chi connectivity index (χ0n) is 7.27. The topological polar surface area (TPSA) is 20.2 Å². The van der Waals surface area contributed by atoms with Gasteiger partial charge in [-0.25, -0.2) is 0 Å². The summed E-state index contributed by atoms with van der Waals surface area (Å²) in [5, 5.41) is 8.75. The molecule has 0 aromatic heterocycles. The zero-order valence-corrected chi connectivity index (χ0v) is 12.8. The molecule has 0 heterocycles. The molecule has 2 heteroatoms. The Labute approximate surface area is 84.4 Å². The summed E-state index contributed by atoms with van der Waals surface area (Å²) in [7, 11) is 0. The van der Waals surface area contributed by atoms with E-state index in [4.69, 9.17) is 5.11 Å². The molecule has 0 bridgehead atoms. The molecular weight excluding hydrogens is 319 g/mol. The zero-order chi connectivity index (χ0) is 7.11. The van der Waals surface area contributed by atoms with Gasteiger partial charge in [0.05, 0.1) is 0 Å². The summed E-state index contributed by atoms with van der Waals surface area (Å²) < 4.78 is 0. The molecule has 0 amide bonds. The van der Waals surface area contributed by atoms with Crippen LogP contribution in [-0.4, -0.2) is 39.0 Å². The van der Waals surface area contributed by atoms with E-state index in [0.29, 0.717) is 12.5 Å². The van der Waals surface area contributed by atoms with E-state index in [1.54, 1.807) is 0 Å². The van der Waals surface area contributed by atoms with Gasteiger partial charge in [0.15, 0.2) is 0 Å². The van der Waals surface area contributed by atoms with Gasteiger partial charge in [0, 0.05) is 6.61 Å². The molecule has 0 saturated heterocycles. The second-order valence-electron chi connectivity index (χ2n) is 2.60. The van der Waals surface area contributed by atoms with E-state index in [1.807, 2.05) is 0 Å². The van der Waals surface area contributed by atoms with Crippen LogP contribution in [0.4, 0.5) is 0 Å². The van der Waals surface area contributed by atoms with Crippen molar-refractivity contribution in [2.24, 2.45) is 5.92 Å². The number of hydrogen-bond donors (Lipinski definition) is 1. The van der Waals surface area contributed by atoms with Crippen molar-refractivity contribution in [3.63, 3.8) is 0 Å². The van der Waals surface area contributed by atoms with Gasteiger partial charge >= 0.3 is 27.3 Å². The van der Waals surface area contributed by atoms with Crippen molar-refractivity contribution < 1.29 is 5.11 Å². The summed E-state index contributed by atoms with van der Waals surface area (Å²) in [5.41, 5.74) is 0. The third kappa shape index (κ3) is 6.99. The van der Waals surface area contributed by atoms with Crippen LogP contribution in [0.1, 0.15) is 39.5 Å². The van der Waals surface area contributed by atoms with Crippen molar-refractivity contribution >= 4 is 27.3 Å². The molecule has 0 aromatic rings. The molecule has 0 aliphatic heterocycles. The number of hydrogen-bond acceptors (Lipinski definition) is 1. The van der Waals surface area contributed by atoms with E-state index in [9.17, 15) is 0 Å². The molecule has 0 rings (SSSR count). The minimum atomic E-state index is 0. The Morgan fingerprint density at radius 3 is 2.20 bits per heavy atom. The van der Waals surface area contributed by atoms with Crippen LogP contribution in [0.15, 0.2) is 0 Å². The van der Waals surface area contributed by atoms with Crippen LogP contribution in [0.5, 0.6) is 0 Å². The van der Waals surface area contributed by atoms with E-state index in [-0.39, 0.29) is 27.3 Å². The van der Waals surface area contributed by atoms with Crippen LogP contribution in [-0.2, 0) is 0 Å². The van der Waals surface area contributed by atoms with Crippen LogP contribution < -0.4 is 0 Å². The fourth-order valence-electron chi connectivity index (χ4n) is 0.917. The second-order valence-corrected chi connectivity index (χ2v) is 2.60. The second kappa shape index (κ2) is 9.88. The van der Waals surface area contributed by atoms with E-state index < -0.39 is 0 Å². The number of aliphatic hydroxyl groups is 1. The van der Waals surface area contributed by atoms with Crippen molar-refractivity contribution in [1.82, 2.24) is 0 Å². The van der Waals surface area contributed by atoms with E-state index in [2.05, 4.69) is 13.8 Å². The Morgan fingerprint density at radius 2 is 1.90 bits per heavy atom. The van der Waals surface area contributed by atoms with Crippen LogP contribution >= 0.6 is 0 Å². The molecule has 0 saturated carbocycles. The Bertz CT molecular complexity index is 53.2. The van der Waals surface area contributed by atoms with Crippen LogP contribution in [0.25, 0.3) is 0 Å². The SMILES string of the molecule is CCCCC(CC)CO.[PbH2]. The summed E-state index contributed by atoms with van der Waals surface area (Å²) in [6.45, 7) is 4.69. The van der Waals surface area contributed by atoms with E-state index >= 15 is 0 Å². The van der Waals surface area contributed by atoms with E-state index in [1.165, 1.54) is 19.3 Å². The summed E-state index contributed by atoms with van der Waals surface area (Å²) in [5.74, 6) is 0.560. The normalized spacial score (nSPS) is 12.3. The van der Waals surface area contributed by atoms with Crippen LogP contribution in [0.3, 0.4) is 0 Å². The van der Waals surface area contributed by atoms with Gasteiger partial charge in [-0.05, 0) is 12.3 Å². The van der Waals surface area contributed by atoms with Gasteiger partial charge < -0.3 is 5.11 Å². The van der Waals surface area contributed by atoms with Crippen molar-refractivity contribution in [3.05, 3.63) is 0 Å². The van der Waals surface area contributed by atoms with Gasteiger partial charge in [-0.15, -0.1) is 0 Å². The van der Waals surface area contributed by atoms with Crippen LogP contribution in [0, 0.1) is 5.92 Å². The predicted molar refractivity (Wildman–Crippen MR) is 48.9 cm³/mol. The summed E-state index contributed by atoms with van der Waals surface area (Å²) in [6.07, 6.45) is 4.83. The maximum atomic E-state index is 8.75. The molecule has 0 aliphatic carbocycles. The Kier molecular flexibility index (Phi) is 13.3. The first-order chi connectivity index (χ1) is 4.35. The van der Waals surface area contributed by atoms with Crippen molar-refractivity contribution in [2.75, 3.05) is 6.61 Å². The number of aliphatic hydroxyl groups excluding tert-OH is 1. The first-order valence-corrected chi connectivity index (χ1v) is 3.96. The maximum absolute atomic E-state index is 8.75. The Morgan fingerprint density at radius 1 is 1.30 bits per heavy atom.